The molecule has 134 valence electrons. The highest BCUT2D eigenvalue weighted by Crippen LogP contribution is 2.25. The van der Waals surface area contributed by atoms with Gasteiger partial charge in [-0.1, -0.05) is 41.9 Å². The van der Waals surface area contributed by atoms with Gasteiger partial charge in [0.15, 0.2) is 0 Å². The van der Waals surface area contributed by atoms with Crippen molar-refractivity contribution in [3.63, 3.8) is 0 Å². The first-order valence-electron chi connectivity index (χ1n) is 8.52. The van der Waals surface area contributed by atoms with Crippen LogP contribution in [0.15, 0.2) is 54.6 Å². The van der Waals surface area contributed by atoms with Gasteiger partial charge in [-0.3, -0.25) is 14.9 Å². The second-order valence-corrected chi connectivity index (χ2v) is 6.68. The molecule has 0 aromatic heterocycles. The Labute approximate surface area is 157 Å². The largest absolute Gasteiger partial charge is 0.336 e. The number of hydrogen-bond acceptors (Lipinski definition) is 3. The average molecular weight is 371 g/mol. The van der Waals surface area contributed by atoms with Gasteiger partial charge in [-0.25, -0.2) is 0 Å². The Hall–Kier alpha value is -2.66. The summed E-state index contributed by atoms with van der Waals surface area (Å²) < 4.78 is 0. The molecule has 6 heteroatoms. The van der Waals surface area contributed by atoms with Crippen LogP contribution in [0, 0.1) is 10.1 Å². The molecule has 1 aliphatic rings. The third-order valence-corrected chi connectivity index (χ3v) is 4.98. The number of amides is 1. The smallest absolute Gasteiger partial charge is 0.276 e. The SMILES string of the molecule is O=C(/C=C/c1ccccc1[N+](=O)[O-])N1CCCC1Cc1ccccc1Cl. The van der Waals surface area contributed by atoms with Crippen molar-refractivity contribution in [2.45, 2.75) is 25.3 Å². The summed E-state index contributed by atoms with van der Waals surface area (Å²) in [6.07, 6.45) is 5.53. The number of nitro benzene ring substituents is 1. The molecule has 1 amide bonds. The number of nitrogens with zero attached hydrogens (tertiary/aromatic N) is 2. The molecule has 1 heterocycles. The van der Waals surface area contributed by atoms with E-state index in [0.29, 0.717) is 23.6 Å². The lowest BCUT2D eigenvalue weighted by atomic mass is 10.0. The molecular weight excluding hydrogens is 352 g/mol. The molecule has 0 aliphatic carbocycles. The molecule has 1 saturated heterocycles. The third kappa shape index (κ3) is 4.11. The zero-order chi connectivity index (χ0) is 18.5. The lowest BCUT2D eigenvalue weighted by Gasteiger charge is -2.24. The number of para-hydroxylation sites is 1. The Morgan fingerprint density at radius 1 is 1.23 bits per heavy atom. The fourth-order valence-corrected chi connectivity index (χ4v) is 3.52. The van der Waals surface area contributed by atoms with Crippen LogP contribution in [0.5, 0.6) is 0 Å². The van der Waals surface area contributed by atoms with Crippen molar-refractivity contribution >= 4 is 29.3 Å². The van der Waals surface area contributed by atoms with Crippen LogP contribution in [0.3, 0.4) is 0 Å². The third-order valence-electron chi connectivity index (χ3n) is 4.61. The maximum Gasteiger partial charge on any atom is 0.276 e. The van der Waals surface area contributed by atoms with E-state index in [1.54, 1.807) is 18.2 Å². The highest BCUT2D eigenvalue weighted by Gasteiger charge is 2.28. The Morgan fingerprint density at radius 3 is 2.73 bits per heavy atom. The number of nitro groups is 1. The molecule has 1 aliphatic heterocycles. The summed E-state index contributed by atoms with van der Waals surface area (Å²) in [6.45, 7) is 0.690. The van der Waals surface area contributed by atoms with E-state index in [2.05, 4.69) is 0 Å². The maximum atomic E-state index is 12.6. The highest BCUT2D eigenvalue weighted by atomic mass is 35.5. The molecule has 2 aromatic rings. The fourth-order valence-electron chi connectivity index (χ4n) is 3.31. The van der Waals surface area contributed by atoms with E-state index in [-0.39, 0.29) is 17.6 Å². The lowest BCUT2D eigenvalue weighted by Crippen LogP contribution is -2.35. The summed E-state index contributed by atoms with van der Waals surface area (Å²) >= 11 is 6.24. The van der Waals surface area contributed by atoms with E-state index >= 15 is 0 Å². The quantitative estimate of drug-likeness (QED) is 0.442. The Balaban J connectivity index is 1.73. The molecular formula is C20H19ClN2O3. The van der Waals surface area contributed by atoms with Crippen LogP contribution in [-0.4, -0.2) is 28.3 Å². The number of rotatable bonds is 5. The Bertz CT molecular complexity index is 850. The first kappa shape index (κ1) is 18.1. The van der Waals surface area contributed by atoms with Gasteiger partial charge in [0.1, 0.15) is 0 Å². The van der Waals surface area contributed by atoms with Crippen molar-refractivity contribution in [1.29, 1.82) is 0 Å². The van der Waals surface area contributed by atoms with Crippen LogP contribution < -0.4 is 0 Å². The number of benzene rings is 2. The summed E-state index contributed by atoms with van der Waals surface area (Å²) in [5.41, 5.74) is 1.44. The predicted molar refractivity (Wildman–Crippen MR) is 102 cm³/mol. The van der Waals surface area contributed by atoms with Crippen molar-refractivity contribution in [2.75, 3.05) is 6.54 Å². The summed E-state index contributed by atoms with van der Waals surface area (Å²) in [7, 11) is 0. The number of carbonyl (C=O) groups excluding carboxylic acids is 1. The molecule has 1 fully saturated rings. The summed E-state index contributed by atoms with van der Waals surface area (Å²) in [5, 5.41) is 11.8. The minimum Gasteiger partial charge on any atom is -0.336 e. The van der Waals surface area contributed by atoms with Gasteiger partial charge in [-0.05, 0) is 43.0 Å². The molecule has 3 rings (SSSR count). The van der Waals surface area contributed by atoms with Crippen molar-refractivity contribution < 1.29 is 9.72 Å². The average Bonchev–Trinajstić information content (AvgIpc) is 3.10. The number of carbonyl (C=O) groups is 1. The zero-order valence-corrected chi connectivity index (χ0v) is 14.9. The molecule has 2 aromatic carbocycles. The van der Waals surface area contributed by atoms with E-state index in [9.17, 15) is 14.9 Å². The molecule has 0 spiro atoms. The van der Waals surface area contributed by atoms with Crippen molar-refractivity contribution in [2.24, 2.45) is 0 Å². The Kier molecular flexibility index (Phi) is 5.68. The summed E-state index contributed by atoms with van der Waals surface area (Å²) in [6, 6.07) is 14.1. The van der Waals surface area contributed by atoms with Gasteiger partial charge in [-0.2, -0.15) is 0 Å². The van der Waals surface area contributed by atoms with Crippen LogP contribution in [-0.2, 0) is 11.2 Å². The second-order valence-electron chi connectivity index (χ2n) is 6.27. The van der Waals surface area contributed by atoms with E-state index in [1.807, 2.05) is 29.2 Å². The minimum absolute atomic E-state index is 0.00871. The van der Waals surface area contributed by atoms with Crippen LogP contribution in [0.1, 0.15) is 24.0 Å². The molecule has 5 nitrogen and oxygen atoms in total. The highest BCUT2D eigenvalue weighted by molar-refractivity contribution is 6.31. The number of hydrogen-bond donors (Lipinski definition) is 0. The van der Waals surface area contributed by atoms with E-state index in [0.717, 1.165) is 18.4 Å². The van der Waals surface area contributed by atoms with Gasteiger partial charge in [-0.15, -0.1) is 0 Å². The van der Waals surface area contributed by atoms with Gasteiger partial charge in [0, 0.05) is 29.8 Å². The molecule has 1 unspecified atom stereocenters. The van der Waals surface area contributed by atoms with Gasteiger partial charge in [0.05, 0.1) is 10.5 Å². The molecule has 0 radical (unpaired) electrons. The maximum absolute atomic E-state index is 12.6. The molecule has 0 bridgehead atoms. The first-order valence-corrected chi connectivity index (χ1v) is 8.89. The number of halogens is 1. The minimum atomic E-state index is -0.444. The summed E-state index contributed by atoms with van der Waals surface area (Å²) in [5.74, 6) is -0.127. The van der Waals surface area contributed by atoms with E-state index < -0.39 is 4.92 Å². The zero-order valence-electron chi connectivity index (χ0n) is 14.2. The predicted octanol–water partition coefficient (Wildman–Crippen LogP) is 4.50. The van der Waals surface area contributed by atoms with Crippen LogP contribution >= 0.6 is 11.6 Å². The van der Waals surface area contributed by atoms with E-state index in [4.69, 9.17) is 11.6 Å². The monoisotopic (exact) mass is 370 g/mol. The normalized spacial score (nSPS) is 17.0. The number of likely N-dealkylation sites (tertiary alicyclic amines) is 1. The van der Waals surface area contributed by atoms with Crippen molar-refractivity contribution in [3.8, 4) is 0 Å². The first-order chi connectivity index (χ1) is 12.6. The van der Waals surface area contributed by atoms with Crippen molar-refractivity contribution in [3.05, 3.63) is 80.9 Å². The van der Waals surface area contributed by atoms with Gasteiger partial charge in [0.25, 0.3) is 5.69 Å². The topological polar surface area (TPSA) is 63.4 Å². The summed E-state index contributed by atoms with van der Waals surface area (Å²) in [4.78, 5) is 25.1. The van der Waals surface area contributed by atoms with Crippen molar-refractivity contribution in [1.82, 2.24) is 4.90 Å². The lowest BCUT2D eigenvalue weighted by molar-refractivity contribution is -0.385. The standard InChI is InChI=1S/C20H19ClN2O3/c21-18-9-3-1-7-16(18)14-17-8-5-13-22(17)20(24)12-11-15-6-2-4-10-19(15)23(25)26/h1-4,6-7,9-12,17H,5,8,13-14H2/b12-11+. The van der Waals surface area contributed by atoms with Crippen LogP contribution in [0.25, 0.3) is 6.08 Å². The molecule has 0 saturated carbocycles. The Morgan fingerprint density at radius 2 is 1.96 bits per heavy atom. The molecule has 1 atom stereocenters. The fraction of sp³-hybridized carbons (Fsp3) is 0.250. The second kappa shape index (κ2) is 8.15. The van der Waals surface area contributed by atoms with E-state index in [1.165, 1.54) is 18.2 Å². The molecule has 26 heavy (non-hydrogen) atoms. The van der Waals surface area contributed by atoms with Crippen LogP contribution in [0.2, 0.25) is 5.02 Å². The van der Waals surface area contributed by atoms with Gasteiger partial charge in [0.2, 0.25) is 5.91 Å². The van der Waals surface area contributed by atoms with Gasteiger partial charge >= 0.3 is 0 Å². The molecule has 0 N–H and O–H groups in total. The van der Waals surface area contributed by atoms with Gasteiger partial charge < -0.3 is 4.90 Å². The van der Waals surface area contributed by atoms with Crippen LogP contribution in [0.4, 0.5) is 5.69 Å².